The van der Waals surface area contributed by atoms with Crippen LogP contribution in [0.2, 0.25) is 0 Å². The highest BCUT2D eigenvalue weighted by Gasteiger charge is 2.19. The number of aryl methyl sites for hydroxylation is 3. The number of rotatable bonds is 3. The Morgan fingerprint density at radius 3 is 2.58 bits per heavy atom. The summed E-state index contributed by atoms with van der Waals surface area (Å²) in [6.45, 7) is 6.00. The van der Waals surface area contributed by atoms with E-state index < -0.39 is 5.97 Å². The maximum absolute atomic E-state index is 11.9. The van der Waals surface area contributed by atoms with E-state index in [2.05, 4.69) is 13.0 Å². The number of benzene rings is 2. The van der Waals surface area contributed by atoms with Crippen LogP contribution in [0.25, 0.3) is 33.3 Å². The fourth-order valence-electron chi connectivity index (χ4n) is 3.49. The van der Waals surface area contributed by atoms with Crippen LogP contribution in [-0.4, -0.2) is 16.1 Å². The molecule has 2 aromatic carbocycles. The van der Waals surface area contributed by atoms with Crippen molar-refractivity contribution in [1.29, 1.82) is 0 Å². The minimum absolute atomic E-state index is 0.253. The van der Waals surface area contributed by atoms with Crippen LogP contribution in [0.3, 0.4) is 0 Å². The molecule has 2 aromatic heterocycles. The largest absolute Gasteiger partial charge is 0.478 e. The van der Waals surface area contributed by atoms with Gasteiger partial charge in [-0.3, -0.25) is 0 Å². The zero-order valence-electron chi connectivity index (χ0n) is 15.0. The summed E-state index contributed by atoms with van der Waals surface area (Å²) in [5, 5.41) is 11.4. The van der Waals surface area contributed by atoms with Crippen LogP contribution >= 0.6 is 0 Å². The van der Waals surface area contributed by atoms with Gasteiger partial charge in [-0.25, -0.2) is 9.78 Å². The number of fused-ring (bicyclic) bond motifs is 2. The van der Waals surface area contributed by atoms with Gasteiger partial charge >= 0.3 is 5.97 Å². The van der Waals surface area contributed by atoms with Crippen LogP contribution in [-0.2, 0) is 6.42 Å². The van der Waals surface area contributed by atoms with Gasteiger partial charge in [0.25, 0.3) is 0 Å². The smallest absolute Gasteiger partial charge is 0.336 e. The highest BCUT2D eigenvalue weighted by molar-refractivity contribution is 6.05. The minimum atomic E-state index is -0.958. The Morgan fingerprint density at radius 1 is 1.12 bits per heavy atom. The molecule has 0 unspecified atom stereocenters. The van der Waals surface area contributed by atoms with Crippen molar-refractivity contribution in [2.75, 3.05) is 0 Å². The molecule has 4 heteroatoms. The second kappa shape index (κ2) is 5.99. The van der Waals surface area contributed by atoms with Crippen molar-refractivity contribution < 1.29 is 14.3 Å². The normalized spacial score (nSPS) is 11.3. The van der Waals surface area contributed by atoms with Gasteiger partial charge in [0, 0.05) is 16.3 Å². The Bertz CT molecular complexity index is 1170. The number of para-hydroxylation sites is 1. The monoisotopic (exact) mass is 345 g/mol. The topological polar surface area (TPSA) is 63.3 Å². The number of aromatic carboxylic acids is 1. The van der Waals surface area contributed by atoms with Gasteiger partial charge in [-0.2, -0.15) is 0 Å². The predicted molar refractivity (Wildman–Crippen MR) is 103 cm³/mol. The Morgan fingerprint density at radius 2 is 1.88 bits per heavy atom. The number of aromatic nitrogens is 1. The molecule has 0 atom stereocenters. The molecule has 2 heterocycles. The molecule has 0 radical (unpaired) electrons. The van der Waals surface area contributed by atoms with Crippen molar-refractivity contribution in [2.24, 2.45) is 0 Å². The summed E-state index contributed by atoms with van der Waals surface area (Å²) in [6, 6.07) is 13.4. The minimum Gasteiger partial charge on any atom is -0.478 e. The van der Waals surface area contributed by atoms with Gasteiger partial charge in [0.2, 0.25) is 0 Å². The molecule has 0 aliphatic carbocycles. The third-order valence-electron chi connectivity index (χ3n) is 4.88. The van der Waals surface area contributed by atoms with E-state index in [1.807, 2.05) is 44.2 Å². The Kier molecular flexibility index (Phi) is 3.76. The van der Waals surface area contributed by atoms with E-state index >= 15 is 0 Å². The van der Waals surface area contributed by atoms with Gasteiger partial charge in [-0.15, -0.1) is 0 Å². The van der Waals surface area contributed by atoms with Crippen molar-refractivity contribution in [3.8, 4) is 11.5 Å². The summed E-state index contributed by atoms with van der Waals surface area (Å²) in [7, 11) is 0. The molecule has 130 valence electrons. The molecular formula is C22H19NO3. The van der Waals surface area contributed by atoms with E-state index in [1.54, 1.807) is 6.07 Å². The number of hydrogen-bond acceptors (Lipinski definition) is 3. The van der Waals surface area contributed by atoms with Crippen molar-refractivity contribution in [1.82, 2.24) is 4.98 Å². The molecule has 4 aromatic rings. The molecule has 1 N–H and O–H groups in total. The fraction of sp³-hybridized carbons (Fsp3) is 0.182. The maximum Gasteiger partial charge on any atom is 0.336 e. The van der Waals surface area contributed by atoms with Gasteiger partial charge in [0.15, 0.2) is 5.76 Å². The van der Waals surface area contributed by atoms with Gasteiger partial charge in [0.1, 0.15) is 11.3 Å². The molecule has 26 heavy (non-hydrogen) atoms. The molecule has 0 aliphatic heterocycles. The Hall–Kier alpha value is -3.14. The molecule has 0 aliphatic rings. The van der Waals surface area contributed by atoms with Gasteiger partial charge < -0.3 is 9.52 Å². The van der Waals surface area contributed by atoms with Crippen LogP contribution in [0.1, 0.15) is 34.0 Å². The van der Waals surface area contributed by atoms with Crippen molar-refractivity contribution in [2.45, 2.75) is 27.2 Å². The van der Waals surface area contributed by atoms with Gasteiger partial charge in [0.05, 0.1) is 11.1 Å². The van der Waals surface area contributed by atoms with E-state index in [0.717, 1.165) is 34.1 Å². The Labute approximate surface area is 151 Å². The highest BCUT2D eigenvalue weighted by atomic mass is 16.4. The third kappa shape index (κ3) is 2.46. The van der Waals surface area contributed by atoms with E-state index in [-0.39, 0.29) is 5.56 Å². The standard InChI is InChI=1S/C22H19NO3/c1-4-14-9-12(2)20-16(10-14)17(22(24)25)11-18(23-20)21-13(3)15-7-5-6-8-19(15)26-21/h5-11H,4H2,1-3H3,(H,24,25). The quantitative estimate of drug-likeness (QED) is 0.530. The first-order valence-corrected chi connectivity index (χ1v) is 8.65. The zero-order valence-corrected chi connectivity index (χ0v) is 15.0. The SMILES string of the molecule is CCc1cc(C)c2nc(-c3oc4ccccc4c3C)cc(C(=O)O)c2c1. The van der Waals surface area contributed by atoms with Crippen LogP contribution in [0.15, 0.2) is 46.9 Å². The second-order valence-corrected chi connectivity index (χ2v) is 6.57. The van der Waals surface area contributed by atoms with Gasteiger partial charge in [-0.1, -0.05) is 31.2 Å². The summed E-state index contributed by atoms with van der Waals surface area (Å²) >= 11 is 0. The number of pyridine rings is 1. The lowest BCUT2D eigenvalue weighted by Crippen LogP contribution is -2.02. The molecule has 0 bridgehead atoms. The summed E-state index contributed by atoms with van der Waals surface area (Å²) in [6.07, 6.45) is 0.847. The maximum atomic E-state index is 11.9. The molecule has 4 rings (SSSR count). The van der Waals surface area contributed by atoms with Crippen molar-refractivity contribution in [3.63, 3.8) is 0 Å². The van der Waals surface area contributed by atoms with E-state index in [1.165, 1.54) is 0 Å². The number of carboxylic acids is 1. The predicted octanol–water partition coefficient (Wildman–Crippen LogP) is 5.53. The lowest BCUT2D eigenvalue weighted by Gasteiger charge is -2.10. The lowest BCUT2D eigenvalue weighted by molar-refractivity contribution is 0.0699. The fourth-order valence-corrected chi connectivity index (χ4v) is 3.49. The molecule has 0 fully saturated rings. The number of furan rings is 1. The molecular weight excluding hydrogens is 326 g/mol. The van der Waals surface area contributed by atoms with E-state index in [9.17, 15) is 9.90 Å². The van der Waals surface area contributed by atoms with E-state index in [4.69, 9.17) is 9.40 Å². The summed E-state index contributed by atoms with van der Waals surface area (Å²) in [5.41, 5.74) is 5.32. The first-order chi connectivity index (χ1) is 12.5. The summed E-state index contributed by atoms with van der Waals surface area (Å²) < 4.78 is 6.00. The zero-order chi connectivity index (χ0) is 18.4. The highest BCUT2D eigenvalue weighted by Crippen LogP contribution is 2.34. The second-order valence-electron chi connectivity index (χ2n) is 6.57. The first kappa shape index (κ1) is 16.3. The lowest BCUT2D eigenvalue weighted by atomic mass is 9.99. The molecule has 0 amide bonds. The summed E-state index contributed by atoms with van der Waals surface area (Å²) in [4.78, 5) is 16.7. The molecule has 4 nitrogen and oxygen atoms in total. The van der Waals surface area contributed by atoms with Crippen molar-refractivity contribution in [3.05, 3.63) is 64.7 Å². The average molecular weight is 345 g/mol. The average Bonchev–Trinajstić information content (AvgIpc) is 2.98. The summed E-state index contributed by atoms with van der Waals surface area (Å²) in [5.74, 6) is -0.338. The first-order valence-electron chi connectivity index (χ1n) is 8.65. The molecule has 0 saturated heterocycles. The molecule has 0 saturated carbocycles. The number of carbonyl (C=O) groups is 1. The van der Waals surface area contributed by atoms with Crippen LogP contribution in [0.5, 0.6) is 0 Å². The van der Waals surface area contributed by atoms with Gasteiger partial charge in [-0.05, 0) is 49.6 Å². The van der Waals surface area contributed by atoms with Crippen LogP contribution in [0, 0.1) is 13.8 Å². The molecule has 0 spiro atoms. The number of hydrogen-bond donors (Lipinski definition) is 1. The van der Waals surface area contributed by atoms with Crippen LogP contribution < -0.4 is 0 Å². The van der Waals surface area contributed by atoms with E-state index in [0.29, 0.717) is 22.4 Å². The van der Waals surface area contributed by atoms with Crippen molar-refractivity contribution >= 4 is 27.8 Å². The van der Waals surface area contributed by atoms with Crippen LogP contribution in [0.4, 0.5) is 0 Å². The Balaban J connectivity index is 2.06. The number of nitrogens with zero attached hydrogens (tertiary/aromatic N) is 1. The number of carboxylic acid groups (broad SMARTS) is 1. The third-order valence-corrected chi connectivity index (χ3v) is 4.88.